The van der Waals surface area contributed by atoms with Gasteiger partial charge in [-0.05, 0) is 71.2 Å². The Hall–Kier alpha value is -0.120. The van der Waals surface area contributed by atoms with E-state index in [1.54, 1.807) is 0 Å². The highest BCUT2D eigenvalue weighted by molar-refractivity contribution is 4.95. The molecule has 0 aliphatic heterocycles. The van der Waals surface area contributed by atoms with Crippen LogP contribution in [0.5, 0.6) is 0 Å². The van der Waals surface area contributed by atoms with Crippen molar-refractivity contribution in [2.24, 2.45) is 11.1 Å². The van der Waals surface area contributed by atoms with E-state index in [9.17, 15) is 0 Å². The Morgan fingerprint density at radius 2 is 1.70 bits per heavy atom. The lowest BCUT2D eigenvalue weighted by Gasteiger charge is -2.43. The van der Waals surface area contributed by atoms with E-state index in [0.717, 1.165) is 13.1 Å². The second-order valence-corrected chi connectivity index (χ2v) is 7.68. The lowest BCUT2D eigenvalue weighted by Crippen LogP contribution is -2.54. The summed E-state index contributed by atoms with van der Waals surface area (Å²) < 4.78 is 0. The first-order chi connectivity index (χ1) is 9.35. The van der Waals surface area contributed by atoms with Crippen LogP contribution in [0.2, 0.25) is 0 Å². The van der Waals surface area contributed by atoms with Crippen LogP contribution in [0.3, 0.4) is 0 Å². The Labute approximate surface area is 126 Å². The highest BCUT2D eigenvalue weighted by Crippen LogP contribution is 2.40. The fourth-order valence-electron chi connectivity index (χ4n) is 3.68. The summed E-state index contributed by atoms with van der Waals surface area (Å²) in [6.45, 7) is 11.4. The minimum absolute atomic E-state index is 0.259. The van der Waals surface area contributed by atoms with Crippen LogP contribution >= 0.6 is 0 Å². The highest BCUT2D eigenvalue weighted by atomic mass is 15.2. The molecule has 0 radical (unpaired) electrons. The van der Waals surface area contributed by atoms with Gasteiger partial charge in [0.2, 0.25) is 0 Å². The van der Waals surface area contributed by atoms with Crippen molar-refractivity contribution in [1.82, 2.24) is 9.80 Å². The van der Waals surface area contributed by atoms with Gasteiger partial charge in [0.15, 0.2) is 0 Å². The van der Waals surface area contributed by atoms with Gasteiger partial charge >= 0.3 is 0 Å². The van der Waals surface area contributed by atoms with Crippen molar-refractivity contribution in [3.63, 3.8) is 0 Å². The van der Waals surface area contributed by atoms with Gasteiger partial charge in [-0.25, -0.2) is 0 Å². The number of hydrogen-bond acceptors (Lipinski definition) is 3. The number of likely N-dealkylation sites (N-methyl/N-ethyl adjacent to an activating group) is 1. The SMILES string of the molecule is CCN(CCCN(C)C)C1(CN)CCCC(C)(C)CC1. The fraction of sp³-hybridized carbons (Fsp3) is 1.00. The van der Waals surface area contributed by atoms with Gasteiger partial charge in [-0.15, -0.1) is 0 Å². The molecule has 1 rings (SSSR count). The first-order valence-electron chi connectivity index (χ1n) is 8.45. The van der Waals surface area contributed by atoms with Gasteiger partial charge in [0, 0.05) is 12.1 Å². The molecule has 3 nitrogen and oxygen atoms in total. The van der Waals surface area contributed by atoms with Crippen LogP contribution in [0, 0.1) is 5.41 Å². The molecule has 0 heterocycles. The summed E-state index contributed by atoms with van der Waals surface area (Å²) in [5, 5.41) is 0. The summed E-state index contributed by atoms with van der Waals surface area (Å²) in [5.41, 5.74) is 7.01. The van der Waals surface area contributed by atoms with Crippen LogP contribution in [0.25, 0.3) is 0 Å². The smallest absolute Gasteiger partial charge is 0.0331 e. The molecule has 0 bridgehead atoms. The lowest BCUT2D eigenvalue weighted by molar-refractivity contribution is 0.0770. The van der Waals surface area contributed by atoms with Crippen molar-refractivity contribution in [3.8, 4) is 0 Å². The third kappa shape index (κ3) is 5.01. The predicted octanol–water partition coefficient (Wildman–Crippen LogP) is 2.95. The zero-order valence-electron chi connectivity index (χ0n) is 14.5. The molecule has 0 aromatic carbocycles. The van der Waals surface area contributed by atoms with Crippen molar-refractivity contribution in [3.05, 3.63) is 0 Å². The largest absolute Gasteiger partial charge is 0.329 e. The van der Waals surface area contributed by atoms with E-state index in [1.807, 2.05) is 0 Å². The first-order valence-corrected chi connectivity index (χ1v) is 8.45. The number of rotatable bonds is 7. The van der Waals surface area contributed by atoms with Gasteiger partial charge in [0.25, 0.3) is 0 Å². The fourth-order valence-corrected chi connectivity index (χ4v) is 3.68. The summed E-state index contributed by atoms with van der Waals surface area (Å²) >= 11 is 0. The summed E-state index contributed by atoms with van der Waals surface area (Å²) in [6, 6.07) is 0. The van der Waals surface area contributed by atoms with Crippen molar-refractivity contribution < 1.29 is 0 Å². The van der Waals surface area contributed by atoms with Crippen LogP contribution in [0.1, 0.15) is 59.3 Å². The molecular weight excluding hydrogens is 246 g/mol. The van der Waals surface area contributed by atoms with Crippen LogP contribution in [0.4, 0.5) is 0 Å². The zero-order valence-corrected chi connectivity index (χ0v) is 14.5. The molecule has 1 atom stereocenters. The molecule has 1 aliphatic rings. The maximum absolute atomic E-state index is 6.25. The Kier molecular flexibility index (Phi) is 6.96. The van der Waals surface area contributed by atoms with Crippen molar-refractivity contribution in [2.75, 3.05) is 40.3 Å². The Bertz CT molecular complexity index is 275. The molecular formula is C17H37N3. The highest BCUT2D eigenvalue weighted by Gasteiger charge is 2.38. The van der Waals surface area contributed by atoms with Crippen LogP contribution in [-0.2, 0) is 0 Å². The minimum atomic E-state index is 0.259. The van der Waals surface area contributed by atoms with Crippen LogP contribution < -0.4 is 5.73 Å². The molecule has 2 N–H and O–H groups in total. The predicted molar refractivity (Wildman–Crippen MR) is 89.1 cm³/mol. The third-order valence-corrected chi connectivity index (χ3v) is 5.23. The van der Waals surface area contributed by atoms with E-state index >= 15 is 0 Å². The molecule has 1 aliphatic carbocycles. The van der Waals surface area contributed by atoms with Gasteiger partial charge in [-0.2, -0.15) is 0 Å². The number of hydrogen-bond donors (Lipinski definition) is 1. The molecule has 0 aromatic heterocycles. The zero-order chi connectivity index (χ0) is 15.2. The van der Waals surface area contributed by atoms with Crippen molar-refractivity contribution in [2.45, 2.75) is 64.8 Å². The quantitative estimate of drug-likeness (QED) is 0.729. The van der Waals surface area contributed by atoms with E-state index in [2.05, 4.69) is 44.7 Å². The van der Waals surface area contributed by atoms with Gasteiger partial charge in [-0.3, -0.25) is 4.90 Å². The minimum Gasteiger partial charge on any atom is -0.329 e. The second-order valence-electron chi connectivity index (χ2n) is 7.68. The normalized spacial score (nSPS) is 27.0. The van der Waals surface area contributed by atoms with Crippen molar-refractivity contribution in [1.29, 1.82) is 0 Å². The third-order valence-electron chi connectivity index (χ3n) is 5.23. The lowest BCUT2D eigenvalue weighted by atomic mass is 9.83. The second kappa shape index (κ2) is 7.77. The van der Waals surface area contributed by atoms with Gasteiger partial charge in [-0.1, -0.05) is 27.2 Å². The Morgan fingerprint density at radius 3 is 2.25 bits per heavy atom. The molecule has 0 amide bonds. The standard InChI is InChI=1S/C17H37N3/c1-6-20(14-8-13-19(4)5)17(15-18)10-7-9-16(2,3)11-12-17/h6-15,18H2,1-5H3. The van der Waals surface area contributed by atoms with E-state index < -0.39 is 0 Å². The first kappa shape index (κ1) is 17.9. The molecule has 1 unspecified atom stereocenters. The number of nitrogens with zero attached hydrogens (tertiary/aromatic N) is 2. The Balaban J connectivity index is 2.68. The van der Waals surface area contributed by atoms with Gasteiger partial charge in [0.1, 0.15) is 0 Å². The van der Waals surface area contributed by atoms with Gasteiger partial charge in [0.05, 0.1) is 0 Å². The maximum atomic E-state index is 6.25. The summed E-state index contributed by atoms with van der Waals surface area (Å²) in [7, 11) is 4.31. The molecule has 20 heavy (non-hydrogen) atoms. The summed E-state index contributed by atoms with van der Waals surface area (Å²) in [6.07, 6.45) is 7.79. The molecule has 3 heteroatoms. The van der Waals surface area contributed by atoms with Crippen LogP contribution in [0.15, 0.2) is 0 Å². The maximum Gasteiger partial charge on any atom is 0.0331 e. The van der Waals surface area contributed by atoms with E-state index in [1.165, 1.54) is 51.6 Å². The monoisotopic (exact) mass is 283 g/mol. The van der Waals surface area contributed by atoms with Crippen molar-refractivity contribution >= 4 is 0 Å². The average molecular weight is 284 g/mol. The number of nitrogens with two attached hydrogens (primary N) is 1. The average Bonchev–Trinajstić information content (AvgIpc) is 2.54. The molecule has 0 saturated heterocycles. The molecule has 0 aromatic rings. The molecule has 120 valence electrons. The molecule has 1 fully saturated rings. The van der Waals surface area contributed by atoms with E-state index in [4.69, 9.17) is 5.73 Å². The van der Waals surface area contributed by atoms with Crippen LogP contribution in [-0.4, -0.2) is 55.6 Å². The molecule has 1 saturated carbocycles. The topological polar surface area (TPSA) is 32.5 Å². The summed E-state index contributed by atoms with van der Waals surface area (Å²) in [4.78, 5) is 4.96. The Morgan fingerprint density at radius 1 is 1.00 bits per heavy atom. The van der Waals surface area contributed by atoms with E-state index in [-0.39, 0.29) is 5.54 Å². The van der Waals surface area contributed by atoms with E-state index in [0.29, 0.717) is 5.41 Å². The summed E-state index contributed by atoms with van der Waals surface area (Å²) in [5.74, 6) is 0. The molecule has 0 spiro atoms. The van der Waals surface area contributed by atoms with Gasteiger partial charge < -0.3 is 10.6 Å².